The van der Waals surface area contributed by atoms with Crippen molar-refractivity contribution in [1.29, 1.82) is 0 Å². The van der Waals surface area contributed by atoms with E-state index in [1.807, 2.05) is 54.6 Å². The van der Waals surface area contributed by atoms with Crippen LogP contribution in [0.5, 0.6) is 17.2 Å². The van der Waals surface area contributed by atoms with Crippen LogP contribution in [-0.2, 0) is 0 Å². The molecule has 0 aromatic heterocycles. The zero-order valence-corrected chi connectivity index (χ0v) is 10.7. The van der Waals surface area contributed by atoms with Crippen molar-refractivity contribution < 1.29 is 14.7 Å². The number of rotatable bonds is 3. The van der Waals surface area contributed by atoms with Crippen LogP contribution in [0.25, 0.3) is 6.08 Å². The molecule has 4 nitrogen and oxygen atoms in total. The first-order chi connectivity index (χ1) is 9.85. The van der Waals surface area contributed by atoms with Gasteiger partial charge < -0.3 is 14.7 Å². The van der Waals surface area contributed by atoms with Crippen molar-refractivity contribution in [2.24, 2.45) is 5.16 Å². The summed E-state index contributed by atoms with van der Waals surface area (Å²) in [6.07, 6.45) is 3.28. The molecule has 1 N–H and O–H groups in total. The Morgan fingerprint density at radius 3 is 2.75 bits per heavy atom. The van der Waals surface area contributed by atoms with E-state index in [-0.39, 0.29) is 0 Å². The molecule has 100 valence electrons. The molecule has 3 rings (SSSR count). The molecule has 0 unspecified atom stereocenters. The zero-order valence-electron chi connectivity index (χ0n) is 10.7. The predicted molar refractivity (Wildman–Crippen MR) is 76.7 cm³/mol. The third kappa shape index (κ3) is 2.64. The van der Waals surface area contributed by atoms with Crippen LogP contribution in [0.3, 0.4) is 0 Å². The number of nitrogens with zero attached hydrogens (tertiary/aromatic N) is 1. The lowest BCUT2D eigenvalue weighted by molar-refractivity contribution is 0.319. The quantitative estimate of drug-likeness (QED) is 0.524. The lowest BCUT2D eigenvalue weighted by atomic mass is 10.1. The van der Waals surface area contributed by atoms with E-state index in [0.717, 1.165) is 28.4 Å². The van der Waals surface area contributed by atoms with Gasteiger partial charge in [-0.05, 0) is 36.4 Å². The Labute approximate surface area is 116 Å². The minimum atomic E-state index is 0.399. The standard InChI is InChI=1S/C16H13NO3/c18-17-10-12-8-13-9-15(6-7-16(13)19-11-12)20-14-4-2-1-3-5-14/h1-10,18H,11H2/b17-10-. The summed E-state index contributed by atoms with van der Waals surface area (Å²) in [4.78, 5) is 0. The minimum absolute atomic E-state index is 0.399. The highest BCUT2D eigenvalue weighted by Crippen LogP contribution is 2.31. The maximum atomic E-state index is 8.56. The Morgan fingerprint density at radius 1 is 1.10 bits per heavy atom. The Balaban J connectivity index is 1.88. The van der Waals surface area contributed by atoms with Crippen LogP contribution in [0.15, 0.2) is 59.3 Å². The molecule has 0 bridgehead atoms. The molecule has 1 aliphatic rings. The van der Waals surface area contributed by atoms with Gasteiger partial charge in [0.25, 0.3) is 0 Å². The number of hydrogen-bond acceptors (Lipinski definition) is 4. The predicted octanol–water partition coefficient (Wildman–Crippen LogP) is 3.71. The fourth-order valence-electron chi connectivity index (χ4n) is 2.01. The number of fused-ring (bicyclic) bond motifs is 1. The van der Waals surface area contributed by atoms with Gasteiger partial charge in [-0.2, -0.15) is 0 Å². The van der Waals surface area contributed by atoms with Crippen LogP contribution < -0.4 is 9.47 Å². The molecule has 1 heterocycles. The van der Waals surface area contributed by atoms with Crippen molar-refractivity contribution in [3.8, 4) is 17.2 Å². The minimum Gasteiger partial charge on any atom is -0.488 e. The molecule has 4 heteroatoms. The highest BCUT2D eigenvalue weighted by molar-refractivity contribution is 5.87. The molecule has 0 fully saturated rings. The monoisotopic (exact) mass is 267 g/mol. The summed E-state index contributed by atoms with van der Waals surface area (Å²) in [5.74, 6) is 2.31. The summed E-state index contributed by atoms with van der Waals surface area (Å²) in [7, 11) is 0. The van der Waals surface area contributed by atoms with Crippen molar-refractivity contribution in [3.63, 3.8) is 0 Å². The normalized spacial score (nSPS) is 13.5. The Morgan fingerprint density at radius 2 is 1.95 bits per heavy atom. The van der Waals surface area contributed by atoms with E-state index in [1.165, 1.54) is 6.21 Å². The first-order valence-corrected chi connectivity index (χ1v) is 6.23. The maximum absolute atomic E-state index is 8.56. The van der Waals surface area contributed by atoms with Crippen molar-refractivity contribution in [3.05, 3.63) is 59.7 Å². The average molecular weight is 267 g/mol. The number of oxime groups is 1. The molecule has 0 atom stereocenters. The second kappa shape index (κ2) is 5.48. The van der Waals surface area contributed by atoms with Gasteiger partial charge in [0.2, 0.25) is 0 Å². The molecular weight excluding hydrogens is 254 g/mol. The second-order valence-electron chi connectivity index (χ2n) is 4.37. The Bertz CT molecular complexity index is 663. The Hall–Kier alpha value is -2.75. The third-order valence-electron chi connectivity index (χ3n) is 2.92. The summed E-state index contributed by atoms with van der Waals surface area (Å²) in [5, 5.41) is 11.6. The van der Waals surface area contributed by atoms with Crippen LogP contribution in [0.4, 0.5) is 0 Å². The maximum Gasteiger partial charge on any atom is 0.128 e. The van der Waals surface area contributed by atoms with Gasteiger partial charge in [0.05, 0.1) is 6.21 Å². The Kier molecular flexibility index (Phi) is 3.37. The zero-order chi connectivity index (χ0) is 13.8. The van der Waals surface area contributed by atoms with Crippen molar-refractivity contribution in [2.45, 2.75) is 0 Å². The molecule has 0 amide bonds. The smallest absolute Gasteiger partial charge is 0.128 e. The van der Waals surface area contributed by atoms with E-state index >= 15 is 0 Å². The van der Waals surface area contributed by atoms with Gasteiger partial charge in [0.1, 0.15) is 23.9 Å². The van der Waals surface area contributed by atoms with Crippen molar-refractivity contribution in [2.75, 3.05) is 6.61 Å². The fourth-order valence-corrected chi connectivity index (χ4v) is 2.01. The molecule has 2 aromatic carbocycles. The summed E-state index contributed by atoms with van der Waals surface area (Å²) < 4.78 is 11.3. The van der Waals surface area contributed by atoms with Crippen LogP contribution in [-0.4, -0.2) is 18.0 Å². The summed E-state index contributed by atoms with van der Waals surface area (Å²) in [5.41, 5.74) is 1.71. The molecule has 2 aromatic rings. The first-order valence-electron chi connectivity index (χ1n) is 6.23. The lowest BCUT2D eigenvalue weighted by Gasteiger charge is -2.16. The molecule has 1 aliphatic heterocycles. The third-order valence-corrected chi connectivity index (χ3v) is 2.92. The van der Waals surface area contributed by atoms with Crippen LogP contribution in [0.2, 0.25) is 0 Å². The fraction of sp³-hybridized carbons (Fsp3) is 0.0625. The van der Waals surface area contributed by atoms with E-state index in [4.69, 9.17) is 14.7 Å². The molecule has 0 aliphatic carbocycles. The molecule has 20 heavy (non-hydrogen) atoms. The molecule has 0 saturated carbocycles. The van der Waals surface area contributed by atoms with Crippen molar-refractivity contribution >= 4 is 12.3 Å². The van der Waals surface area contributed by atoms with Gasteiger partial charge >= 0.3 is 0 Å². The highest BCUT2D eigenvalue weighted by Gasteiger charge is 2.11. The summed E-state index contributed by atoms with van der Waals surface area (Å²) in [6, 6.07) is 15.2. The van der Waals surface area contributed by atoms with E-state index in [0.29, 0.717) is 6.61 Å². The van der Waals surface area contributed by atoms with E-state index in [1.54, 1.807) is 0 Å². The van der Waals surface area contributed by atoms with E-state index < -0.39 is 0 Å². The summed E-state index contributed by atoms with van der Waals surface area (Å²) in [6.45, 7) is 0.399. The summed E-state index contributed by atoms with van der Waals surface area (Å²) >= 11 is 0. The van der Waals surface area contributed by atoms with Gasteiger partial charge in [0, 0.05) is 11.1 Å². The number of para-hydroxylation sites is 1. The van der Waals surface area contributed by atoms with E-state index in [9.17, 15) is 0 Å². The van der Waals surface area contributed by atoms with Gasteiger partial charge in [-0.25, -0.2) is 0 Å². The number of benzene rings is 2. The van der Waals surface area contributed by atoms with Gasteiger partial charge in [-0.15, -0.1) is 0 Å². The number of hydrogen-bond donors (Lipinski definition) is 1. The van der Waals surface area contributed by atoms with Gasteiger partial charge in [-0.1, -0.05) is 23.4 Å². The average Bonchev–Trinajstić information content (AvgIpc) is 2.48. The van der Waals surface area contributed by atoms with Crippen LogP contribution in [0, 0.1) is 0 Å². The molecule has 0 spiro atoms. The number of ether oxygens (including phenoxy) is 2. The topological polar surface area (TPSA) is 51.1 Å². The van der Waals surface area contributed by atoms with Crippen LogP contribution >= 0.6 is 0 Å². The van der Waals surface area contributed by atoms with Gasteiger partial charge in [0.15, 0.2) is 0 Å². The SMILES string of the molecule is O/N=C\C1=Cc2cc(Oc3ccccc3)ccc2OC1. The van der Waals surface area contributed by atoms with Crippen molar-refractivity contribution in [1.82, 2.24) is 0 Å². The largest absolute Gasteiger partial charge is 0.488 e. The van der Waals surface area contributed by atoms with E-state index in [2.05, 4.69) is 5.16 Å². The van der Waals surface area contributed by atoms with Gasteiger partial charge in [-0.3, -0.25) is 0 Å². The highest BCUT2D eigenvalue weighted by atomic mass is 16.5. The first kappa shape index (κ1) is 12.3. The molecular formula is C16H13NO3. The lowest BCUT2D eigenvalue weighted by Crippen LogP contribution is -2.08. The van der Waals surface area contributed by atoms with Crippen LogP contribution in [0.1, 0.15) is 5.56 Å². The second-order valence-corrected chi connectivity index (χ2v) is 4.37. The molecule has 0 saturated heterocycles. The molecule has 0 radical (unpaired) electrons.